The van der Waals surface area contributed by atoms with E-state index in [1.165, 1.54) is 0 Å². The second kappa shape index (κ2) is 8.71. The summed E-state index contributed by atoms with van der Waals surface area (Å²) in [6, 6.07) is 14.7. The summed E-state index contributed by atoms with van der Waals surface area (Å²) in [5.74, 6) is 0.325. The van der Waals surface area contributed by atoms with E-state index in [1.807, 2.05) is 6.92 Å². The number of ether oxygens (including phenoxy) is 1. The lowest BCUT2D eigenvalue weighted by molar-refractivity contribution is -0.117. The fourth-order valence-electron chi connectivity index (χ4n) is 2.66. The maximum Gasteiger partial charge on any atom is 0.248 e. The maximum absolute atomic E-state index is 12.8. The van der Waals surface area contributed by atoms with E-state index >= 15 is 0 Å². The van der Waals surface area contributed by atoms with E-state index in [0.29, 0.717) is 30.2 Å². The Labute approximate surface area is 154 Å². The van der Waals surface area contributed by atoms with Crippen LogP contribution >= 0.6 is 0 Å². The molecule has 0 aliphatic rings. The van der Waals surface area contributed by atoms with Crippen molar-refractivity contribution in [3.05, 3.63) is 54.6 Å². The zero-order valence-corrected chi connectivity index (χ0v) is 16.0. The number of anilines is 2. The first-order valence-corrected chi connectivity index (χ1v) is 10.3. The molecule has 6 nitrogen and oxygen atoms in total. The van der Waals surface area contributed by atoms with Crippen molar-refractivity contribution in [2.24, 2.45) is 0 Å². The number of benzene rings is 2. The number of sulfonamides is 1. The molecule has 2 rings (SSSR count). The summed E-state index contributed by atoms with van der Waals surface area (Å²) >= 11 is 0. The Morgan fingerprint density at radius 1 is 1.08 bits per heavy atom. The van der Waals surface area contributed by atoms with Crippen molar-refractivity contribution < 1.29 is 17.9 Å². The monoisotopic (exact) mass is 376 g/mol. The predicted octanol–water partition coefficient (Wildman–Crippen LogP) is 3.27. The van der Waals surface area contributed by atoms with Crippen molar-refractivity contribution in [3.8, 4) is 5.75 Å². The molecule has 0 fully saturated rings. The lowest BCUT2D eigenvalue weighted by Crippen LogP contribution is -2.46. The molecule has 2 aromatic carbocycles. The molecule has 26 heavy (non-hydrogen) atoms. The van der Waals surface area contributed by atoms with Crippen LogP contribution in [-0.2, 0) is 14.8 Å². The lowest BCUT2D eigenvalue weighted by Gasteiger charge is -2.30. The maximum atomic E-state index is 12.8. The molecule has 1 N–H and O–H groups in total. The number of hydrogen-bond acceptors (Lipinski definition) is 4. The van der Waals surface area contributed by atoms with Crippen LogP contribution in [0.3, 0.4) is 0 Å². The largest absolute Gasteiger partial charge is 0.494 e. The van der Waals surface area contributed by atoms with E-state index in [4.69, 9.17) is 4.74 Å². The minimum atomic E-state index is -3.63. The highest BCUT2D eigenvalue weighted by atomic mass is 32.2. The van der Waals surface area contributed by atoms with E-state index in [9.17, 15) is 13.2 Å². The van der Waals surface area contributed by atoms with Crippen LogP contribution < -0.4 is 14.4 Å². The van der Waals surface area contributed by atoms with Gasteiger partial charge in [-0.15, -0.1) is 0 Å². The number of carbonyl (C=O) groups is 1. The number of carbonyl (C=O) groups excluding carboxylic acids is 1. The molecule has 1 amide bonds. The standard InChI is InChI=1S/C19H24N2O4S/c1-4-18(21(26(3,23)24)16-9-7-6-8-10-16)19(22)20-15-11-13-17(14-12-15)25-5-2/h6-14,18H,4-5H2,1-3H3,(H,20,22). The number of nitrogens with one attached hydrogen (secondary N) is 1. The summed E-state index contributed by atoms with van der Waals surface area (Å²) < 4.78 is 31.2. The quantitative estimate of drug-likeness (QED) is 0.767. The number of amides is 1. The molecule has 0 spiro atoms. The smallest absolute Gasteiger partial charge is 0.248 e. The first-order valence-electron chi connectivity index (χ1n) is 8.45. The highest BCUT2D eigenvalue weighted by Gasteiger charge is 2.31. The molecule has 7 heteroatoms. The van der Waals surface area contributed by atoms with Gasteiger partial charge in [-0.25, -0.2) is 8.42 Å². The van der Waals surface area contributed by atoms with Crippen LogP contribution in [0.4, 0.5) is 11.4 Å². The van der Waals surface area contributed by atoms with Gasteiger partial charge in [-0.1, -0.05) is 25.1 Å². The Kier molecular flexibility index (Phi) is 6.63. The van der Waals surface area contributed by atoms with Crippen molar-refractivity contribution in [1.29, 1.82) is 0 Å². The van der Waals surface area contributed by atoms with Crippen LogP contribution in [0.2, 0.25) is 0 Å². The van der Waals surface area contributed by atoms with Gasteiger partial charge in [-0.05, 0) is 49.7 Å². The molecule has 0 saturated heterocycles. The summed E-state index contributed by atoms with van der Waals surface area (Å²) in [7, 11) is -3.63. The summed E-state index contributed by atoms with van der Waals surface area (Å²) in [6.07, 6.45) is 1.44. The highest BCUT2D eigenvalue weighted by Crippen LogP contribution is 2.23. The van der Waals surface area contributed by atoms with Crippen LogP contribution in [0, 0.1) is 0 Å². The fraction of sp³-hybridized carbons (Fsp3) is 0.316. The van der Waals surface area contributed by atoms with Gasteiger partial charge in [0.05, 0.1) is 18.6 Å². The topological polar surface area (TPSA) is 75.7 Å². The minimum absolute atomic E-state index is 0.338. The van der Waals surface area contributed by atoms with Crippen molar-refractivity contribution >= 4 is 27.3 Å². The molecule has 0 aliphatic heterocycles. The summed E-state index contributed by atoms with van der Waals surface area (Å²) in [5, 5.41) is 2.78. The van der Waals surface area contributed by atoms with E-state index in [-0.39, 0.29) is 5.91 Å². The fourth-order valence-corrected chi connectivity index (χ4v) is 3.87. The number of para-hydroxylation sites is 1. The van der Waals surface area contributed by atoms with E-state index < -0.39 is 16.1 Å². The van der Waals surface area contributed by atoms with Gasteiger partial charge in [-0.2, -0.15) is 0 Å². The molecule has 0 aromatic heterocycles. The average molecular weight is 376 g/mol. The first kappa shape index (κ1) is 19.8. The van der Waals surface area contributed by atoms with Gasteiger partial charge < -0.3 is 10.1 Å². The molecule has 0 bridgehead atoms. The molecule has 1 unspecified atom stereocenters. The molecule has 0 heterocycles. The normalized spacial score (nSPS) is 12.3. The number of hydrogen-bond donors (Lipinski definition) is 1. The first-order chi connectivity index (χ1) is 12.4. The van der Waals surface area contributed by atoms with Gasteiger partial charge in [0.1, 0.15) is 11.8 Å². The molecule has 0 saturated carbocycles. The molecule has 0 radical (unpaired) electrons. The second-order valence-corrected chi connectivity index (χ2v) is 7.62. The third-order valence-electron chi connectivity index (χ3n) is 3.77. The van der Waals surface area contributed by atoms with Crippen LogP contribution in [0.25, 0.3) is 0 Å². The Morgan fingerprint density at radius 2 is 1.69 bits per heavy atom. The Balaban J connectivity index is 2.25. The number of nitrogens with zero attached hydrogens (tertiary/aromatic N) is 1. The summed E-state index contributed by atoms with van der Waals surface area (Å²) in [6.45, 7) is 4.23. The molecular weight excluding hydrogens is 352 g/mol. The Bertz CT molecular complexity index is 820. The predicted molar refractivity (Wildman–Crippen MR) is 104 cm³/mol. The summed E-state index contributed by atoms with van der Waals surface area (Å²) in [4.78, 5) is 12.8. The van der Waals surface area contributed by atoms with Gasteiger partial charge >= 0.3 is 0 Å². The number of rotatable bonds is 8. The zero-order valence-electron chi connectivity index (χ0n) is 15.2. The van der Waals surface area contributed by atoms with Crippen molar-refractivity contribution in [2.45, 2.75) is 26.3 Å². The van der Waals surface area contributed by atoms with E-state index in [2.05, 4.69) is 5.32 Å². The Morgan fingerprint density at radius 3 is 2.19 bits per heavy atom. The van der Waals surface area contributed by atoms with Gasteiger partial charge in [0.25, 0.3) is 0 Å². The van der Waals surface area contributed by atoms with E-state index in [1.54, 1.807) is 61.5 Å². The Hall–Kier alpha value is -2.54. The molecule has 2 aromatic rings. The average Bonchev–Trinajstić information content (AvgIpc) is 2.61. The molecule has 1 atom stereocenters. The van der Waals surface area contributed by atoms with Gasteiger partial charge in [0.15, 0.2) is 0 Å². The lowest BCUT2D eigenvalue weighted by atomic mass is 10.2. The van der Waals surface area contributed by atoms with Crippen molar-refractivity contribution in [2.75, 3.05) is 22.5 Å². The zero-order chi connectivity index (χ0) is 19.2. The third kappa shape index (κ3) is 4.98. The van der Waals surface area contributed by atoms with Gasteiger partial charge in [0, 0.05) is 5.69 Å². The molecular formula is C19H24N2O4S. The van der Waals surface area contributed by atoms with E-state index in [0.717, 1.165) is 10.6 Å². The van der Waals surface area contributed by atoms with Crippen LogP contribution in [-0.4, -0.2) is 33.2 Å². The van der Waals surface area contributed by atoms with Crippen LogP contribution in [0.15, 0.2) is 54.6 Å². The second-order valence-electron chi connectivity index (χ2n) is 5.77. The summed E-state index contributed by atoms with van der Waals surface area (Å²) in [5.41, 5.74) is 1.04. The van der Waals surface area contributed by atoms with Gasteiger partial charge in [-0.3, -0.25) is 9.10 Å². The van der Waals surface area contributed by atoms with Gasteiger partial charge in [0.2, 0.25) is 15.9 Å². The van der Waals surface area contributed by atoms with Crippen molar-refractivity contribution in [3.63, 3.8) is 0 Å². The van der Waals surface area contributed by atoms with Crippen molar-refractivity contribution in [1.82, 2.24) is 0 Å². The minimum Gasteiger partial charge on any atom is -0.494 e. The molecule has 0 aliphatic carbocycles. The SMILES string of the molecule is CCOc1ccc(NC(=O)C(CC)N(c2ccccc2)S(C)(=O)=O)cc1. The highest BCUT2D eigenvalue weighted by molar-refractivity contribution is 7.92. The van der Waals surface area contributed by atoms with Crippen LogP contribution in [0.1, 0.15) is 20.3 Å². The third-order valence-corrected chi connectivity index (χ3v) is 4.95. The molecule has 140 valence electrons. The van der Waals surface area contributed by atoms with Crippen LogP contribution in [0.5, 0.6) is 5.75 Å².